The summed E-state index contributed by atoms with van der Waals surface area (Å²) < 4.78 is 10.5. The molecule has 2 aromatic rings. The molecular formula is C14H12O5. The Hall–Kier alpha value is -2.69. The Kier molecular flexibility index (Phi) is 3.56. The Balaban J connectivity index is 2.18. The van der Waals surface area contributed by atoms with Crippen LogP contribution >= 0.6 is 0 Å². The zero-order chi connectivity index (χ0) is 13.8. The predicted octanol–water partition coefficient (Wildman–Crippen LogP) is 2.89. The van der Waals surface area contributed by atoms with Gasteiger partial charge in [-0.1, -0.05) is 0 Å². The van der Waals surface area contributed by atoms with Gasteiger partial charge >= 0.3 is 5.97 Å². The van der Waals surface area contributed by atoms with E-state index >= 15 is 0 Å². The normalized spacial score (nSPS) is 9.95. The van der Waals surface area contributed by atoms with Gasteiger partial charge in [0.1, 0.15) is 28.6 Å². The molecule has 5 nitrogen and oxygen atoms in total. The molecule has 0 fully saturated rings. The fourth-order valence-corrected chi connectivity index (χ4v) is 1.54. The Bertz CT molecular complexity index is 589. The topological polar surface area (TPSA) is 76.0 Å². The first-order chi connectivity index (χ1) is 9.10. The van der Waals surface area contributed by atoms with Crippen molar-refractivity contribution < 1.29 is 24.5 Å². The van der Waals surface area contributed by atoms with Crippen molar-refractivity contribution in [2.24, 2.45) is 0 Å². The maximum atomic E-state index is 10.7. The van der Waals surface area contributed by atoms with E-state index in [1.807, 2.05) is 0 Å². The monoisotopic (exact) mass is 260 g/mol. The molecule has 0 aliphatic carbocycles. The van der Waals surface area contributed by atoms with E-state index in [0.29, 0.717) is 17.2 Å². The molecular weight excluding hydrogens is 248 g/mol. The standard InChI is InChI=1S/C14H12O5/c1-18-9-2-4-10(5-3-9)19-11-6-7-12(14(16)17)13(15)8-11/h2-8,15H,1H3,(H,16,17). The molecule has 2 rings (SSSR count). The molecule has 98 valence electrons. The van der Waals surface area contributed by atoms with Crippen LogP contribution < -0.4 is 9.47 Å². The number of hydrogen-bond donors (Lipinski definition) is 2. The molecule has 0 aromatic heterocycles. The van der Waals surface area contributed by atoms with E-state index in [2.05, 4.69) is 0 Å². The third kappa shape index (κ3) is 2.95. The van der Waals surface area contributed by atoms with Crippen LogP contribution in [-0.4, -0.2) is 23.3 Å². The lowest BCUT2D eigenvalue weighted by atomic mass is 10.2. The highest BCUT2D eigenvalue weighted by molar-refractivity contribution is 5.90. The predicted molar refractivity (Wildman–Crippen MR) is 68.1 cm³/mol. The molecule has 0 aliphatic rings. The second-order valence-electron chi connectivity index (χ2n) is 3.76. The van der Waals surface area contributed by atoms with Gasteiger partial charge in [-0.15, -0.1) is 0 Å². The van der Waals surface area contributed by atoms with Gasteiger partial charge < -0.3 is 19.7 Å². The average molecular weight is 260 g/mol. The van der Waals surface area contributed by atoms with E-state index in [1.54, 1.807) is 31.4 Å². The van der Waals surface area contributed by atoms with Crippen LogP contribution in [0.3, 0.4) is 0 Å². The van der Waals surface area contributed by atoms with Crippen molar-refractivity contribution in [3.8, 4) is 23.0 Å². The highest BCUT2D eigenvalue weighted by atomic mass is 16.5. The first-order valence-corrected chi connectivity index (χ1v) is 5.48. The molecule has 5 heteroatoms. The van der Waals surface area contributed by atoms with E-state index in [4.69, 9.17) is 14.6 Å². The molecule has 2 aromatic carbocycles. The van der Waals surface area contributed by atoms with Crippen LogP contribution in [0.2, 0.25) is 0 Å². The number of hydrogen-bond acceptors (Lipinski definition) is 4. The largest absolute Gasteiger partial charge is 0.507 e. The second kappa shape index (κ2) is 5.30. The zero-order valence-electron chi connectivity index (χ0n) is 10.2. The number of ether oxygens (including phenoxy) is 2. The number of rotatable bonds is 4. The molecule has 0 saturated heterocycles. The van der Waals surface area contributed by atoms with Crippen LogP contribution in [0.25, 0.3) is 0 Å². The van der Waals surface area contributed by atoms with Gasteiger partial charge in [0.15, 0.2) is 0 Å². The summed E-state index contributed by atoms with van der Waals surface area (Å²) in [7, 11) is 1.57. The van der Waals surface area contributed by atoms with Crippen molar-refractivity contribution in [3.05, 3.63) is 48.0 Å². The molecule has 0 bridgehead atoms. The summed E-state index contributed by atoms with van der Waals surface area (Å²) in [6.45, 7) is 0. The van der Waals surface area contributed by atoms with Crippen molar-refractivity contribution in [3.63, 3.8) is 0 Å². The summed E-state index contributed by atoms with van der Waals surface area (Å²) in [5, 5.41) is 18.3. The fourth-order valence-electron chi connectivity index (χ4n) is 1.54. The molecule has 19 heavy (non-hydrogen) atoms. The Morgan fingerprint density at radius 1 is 1.00 bits per heavy atom. The molecule has 2 N–H and O–H groups in total. The minimum absolute atomic E-state index is 0.165. The first-order valence-electron chi connectivity index (χ1n) is 5.48. The van der Waals surface area contributed by atoms with Crippen LogP contribution in [0, 0.1) is 0 Å². The van der Waals surface area contributed by atoms with Gasteiger partial charge in [-0.2, -0.15) is 0 Å². The van der Waals surface area contributed by atoms with Gasteiger partial charge in [-0.3, -0.25) is 0 Å². The SMILES string of the molecule is COc1ccc(Oc2ccc(C(=O)O)c(O)c2)cc1. The summed E-state index contributed by atoms with van der Waals surface area (Å²) in [6, 6.07) is 10.9. The number of benzene rings is 2. The smallest absolute Gasteiger partial charge is 0.339 e. The fraction of sp³-hybridized carbons (Fsp3) is 0.0714. The van der Waals surface area contributed by atoms with E-state index < -0.39 is 5.97 Å². The maximum Gasteiger partial charge on any atom is 0.339 e. The van der Waals surface area contributed by atoms with Crippen LogP contribution in [0.4, 0.5) is 0 Å². The van der Waals surface area contributed by atoms with Gasteiger partial charge in [0.05, 0.1) is 7.11 Å². The zero-order valence-corrected chi connectivity index (χ0v) is 10.2. The minimum atomic E-state index is -1.19. The van der Waals surface area contributed by atoms with E-state index in [1.165, 1.54) is 18.2 Å². The highest BCUT2D eigenvalue weighted by Crippen LogP contribution is 2.28. The van der Waals surface area contributed by atoms with Gasteiger partial charge in [0.2, 0.25) is 0 Å². The van der Waals surface area contributed by atoms with Crippen LogP contribution in [0.1, 0.15) is 10.4 Å². The summed E-state index contributed by atoms with van der Waals surface area (Å²) in [5.41, 5.74) is -0.165. The summed E-state index contributed by atoms with van der Waals surface area (Å²) in [4.78, 5) is 10.7. The lowest BCUT2D eigenvalue weighted by Gasteiger charge is -2.08. The summed E-state index contributed by atoms with van der Waals surface area (Å²) in [6.07, 6.45) is 0. The quantitative estimate of drug-likeness (QED) is 0.883. The highest BCUT2D eigenvalue weighted by Gasteiger charge is 2.10. The molecule has 0 heterocycles. The van der Waals surface area contributed by atoms with Crippen molar-refractivity contribution in [1.82, 2.24) is 0 Å². The number of methoxy groups -OCH3 is 1. The Labute approximate surface area is 109 Å². The van der Waals surface area contributed by atoms with Crippen LogP contribution in [-0.2, 0) is 0 Å². The molecule has 0 spiro atoms. The first kappa shape index (κ1) is 12.8. The van der Waals surface area contributed by atoms with E-state index in [-0.39, 0.29) is 11.3 Å². The summed E-state index contributed by atoms with van der Waals surface area (Å²) >= 11 is 0. The number of carboxylic acid groups (broad SMARTS) is 1. The number of phenols is 1. The van der Waals surface area contributed by atoms with Crippen molar-refractivity contribution >= 4 is 5.97 Å². The van der Waals surface area contributed by atoms with E-state index in [9.17, 15) is 9.90 Å². The summed E-state index contributed by atoms with van der Waals surface area (Å²) in [5.74, 6) is 0.0966. The van der Waals surface area contributed by atoms with Gasteiger partial charge in [-0.05, 0) is 36.4 Å². The van der Waals surface area contributed by atoms with Crippen molar-refractivity contribution in [1.29, 1.82) is 0 Å². The van der Waals surface area contributed by atoms with Crippen LogP contribution in [0.5, 0.6) is 23.0 Å². The van der Waals surface area contributed by atoms with Crippen molar-refractivity contribution in [2.45, 2.75) is 0 Å². The lowest BCUT2D eigenvalue weighted by Crippen LogP contribution is -1.96. The third-order valence-electron chi connectivity index (χ3n) is 2.49. The number of aromatic hydroxyl groups is 1. The van der Waals surface area contributed by atoms with Crippen LogP contribution in [0.15, 0.2) is 42.5 Å². The third-order valence-corrected chi connectivity index (χ3v) is 2.49. The average Bonchev–Trinajstić information content (AvgIpc) is 2.39. The minimum Gasteiger partial charge on any atom is -0.507 e. The number of aromatic carboxylic acids is 1. The van der Waals surface area contributed by atoms with Gasteiger partial charge in [0.25, 0.3) is 0 Å². The molecule has 0 atom stereocenters. The Morgan fingerprint density at radius 2 is 1.58 bits per heavy atom. The molecule has 0 amide bonds. The molecule has 0 unspecified atom stereocenters. The van der Waals surface area contributed by atoms with Gasteiger partial charge in [0, 0.05) is 6.07 Å². The number of carboxylic acids is 1. The van der Waals surface area contributed by atoms with Crippen molar-refractivity contribution in [2.75, 3.05) is 7.11 Å². The second-order valence-corrected chi connectivity index (χ2v) is 3.76. The van der Waals surface area contributed by atoms with Gasteiger partial charge in [-0.25, -0.2) is 4.79 Å². The molecule has 0 saturated carbocycles. The van der Waals surface area contributed by atoms with E-state index in [0.717, 1.165) is 0 Å². The lowest BCUT2D eigenvalue weighted by molar-refractivity contribution is 0.0693. The maximum absolute atomic E-state index is 10.7. The molecule has 0 aliphatic heterocycles. The Morgan fingerprint density at radius 3 is 2.11 bits per heavy atom. The number of carbonyl (C=O) groups is 1. The molecule has 0 radical (unpaired) electrons.